The van der Waals surface area contributed by atoms with Gasteiger partial charge in [0.25, 0.3) is 5.56 Å². The minimum Gasteiger partial charge on any atom is -0.492 e. The highest BCUT2D eigenvalue weighted by Gasteiger charge is 2.23. The van der Waals surface area contributed by atoms with Crippen LogP contribution in [0.25, 0.3) is 10.9 Å². The van der Waals surface area contributed by atoms with E-state index < -0.39 is 11.6 Å². The van der Waals surface area contributed by atoms with Crippen LogP contribution in [-0.4, -0.2) is 27.8 Å². The lowest BCUT2D eigenvalue weighted by atomic mass is 10.1. The van der Waals surface area contributed by atoms with E-state index in [4.69, 9.17) is 9.47 Å². The fraction of sp³-hybridized carbons (Fsp3) is 0.348. The number of anilines is 1. The third-order valence-corrected chi connectivity index (χ3v) is 5.32. The number of hydrogen-bond acceptors (Lipinski definition) is 5. The van der Waals surface area contributed by atoms with Gasteiger partial charge in [-0.25, -0.2) is 4.79 Å². The smallest absolute Gasteiger partial charge is 0.331 e. The number of ether oxygens (including phenoxy) is 2. The van der Waals surface area contributed by atoms with Gasteiger partial charge in [-0.3, -0.25) is 18.7 Å². The lowest BCUT2D eigenvalue weighted by Gasteiger charge is -2.15. The van der Waals surface area contributed by atoms with Crippen molar-refractivity contribution in [1.82, 2.24) is 9.13 Å². The van der Waals surface area contributed by atoms with Crippen molar-refractivity contribution in [2.75, 3.05) is 11.9 Å². The molecular formula is C23H25N3O5. The van der Waals surface area contributed by atoms with E-state index in [-0.39, 0.29) is 24.8 Å². The average molecular weight is 423 g/mol. The second-order valence-corrected chi connectivity index (χ2v) is 7.51. The predicted molar refractivity (Wildman–Crippen MR) is 118 cm³/mol. The summed E-state index contributed by atoms with van der Waals surface area (Å²) in [5.41, 5.74) is 1.07. The Hall–Kier alpha value is -3.55. The van der Waals surface area contributed by atoms with Gasteiger partial charge in [0.15, 0.2) is 0 Å². The van der Waals surface area contributed by atoms with Gasteiger partial charge < -0.3 is 14.8 Å². The van der Waals surface area contributed by atoms with E-state index in [0.29, 0.717) is 34.7 Å². The molecule has 1 amide bonds. The maximum atomic E-state index is 12.9. The Labute approximate surface area is 179 Å². The van der Waals surface area contributed by atoms with Gasteiger partial charge in [-0.15, -0.1) is 0 Å². The highest BCUT2D eigenvalue weighted by Crippen LogP contribution is 2.38. The van der Waals surface area contributed by atoms with Crippen molar-refractivity contribution >= 4 is 22.5 Å². The van der Waals surface area contributed by atoms with E-state index in [1.54, 1.807) is 37.3 Å². The van der Waals surface area contributed by atoms with Crippen molar-refractivity contribution < 1.29 is 14.3 Å². The maximum Gasteiger partial charge on any atom is 0.331 e. The molecule has 1 aliphatic heterocycles. The number of amides is 1. The quantitative estimate of drug-likeness (QED) is 0.658. The molecule has 4 rings (SSSR count). The second-order valence-electron chi connectivity index (χ2n) is 7.51. The molecule has 0 spiro atoms. The number of rotatable bonds is 6. The van der Waals surface area contributed by atoms with Crippen molar-refractivity contribution in [2.45, 2.75) is 46.4 Å². The van der Waals surface area contributed by atoms with Crippen LogP contribution in [-0.2, 0) is 24.3 Å². The zero-order valence-electron chi connectivity index (χ0n) is 17.8. The summed E-state index contributed by atoms with van der Waals surface area (Å²) in [6.45, 7) is 6.01. The van der Waals surface area contributed by atoms with E-state index >= 15 is 0 Å². The number of benzene rings is 2. The first-order valence-electron chi connectivity index (χ1n) is 10.4. The van der Waals surface area contributed by atoms with Crippen LogP contribution in [0, 0.1) is 0 Å². The van der Waals surface area contributed by atoms with Gasteiger partial charge in [0.1, 0.15) is 24.1 Å². The number of nitrogens with zero attached hydrogens (tertiary/aromatic N) is 2. The molecule has 8 nitrogen and oxygen atoms in total. The molecule has 0 saturated carbocycles. The molecule has 0 unspecified atom stereocenters. The highest BCUT2D eigenvalue weighted by atomic mass is 16.5. The summed E-state index contributed by atoms with van der Waals surface area (Å²) in [5, 5.41) is 3.24. The van der Waals surface area contributed by atoms with Gasteiger partial charge in [0.05, 0.1) is 23.2 Å². The first-order valence-corrected chi connectivity index (χ1v) is 10.4. The van der Waals surface area contributed by atoms with Gasteiger partial charge in [0.2, 0.25) is 5.91 Å². The summed E-state index contributed by atoms with van der Waals surface area (Å²) in [7, 11) is 0. The molecule has 162 valence electrons. The summed E-state index contributed by atoms with van der Waals surface area (Å²) in [4.78, 5) is 38.4. The number of carbonyl (C=O) groups excluding carboxylic acids is 1. The molecule has 0 saturated heterocycles. The van der Waals surface area contributed by atoms with Gasteiger partial charge >= 0.3 is 5.69 Å². The Morgan fingerprint density at radius 1 is 1.19 bits per heavy atom. The summed E-state index contributed by atoms with van der Waals surface area (Å²) in [6.07, 6.45) is 0.847. The van der Waals surface area contributed by atoms with Crippen molar-refractivity contribution in [1.29, 1.82) is 0 Å². The average Bonchev–Trinajstić information content (AvgIpc) is 3.10. The Bertz CT molecular complexity index is 1270. The lowest BCUT2D eigenvalue weighted by Crippen LogP contribution is -2.41. The third-order valence-electron chi connectivity index (χ3n) is 5.32. The fourth-order valence-corrected chi connectivity index (χ4v) is 3.95. The van der Waals surface area contributed by atoms with E-state index in [0.717, 1.165) is 16.6 Å². The summed E-state index contributed by atoms with van der Waals surface area (Å²) in [5.74, 6) is 0.872. The van der Waals surface area contributed by atoms with Crippen LogP contribution in [0.15, 0.2) is 46.0 Å². The lowest BCUT2D eigenvalue weighted by molar-refractivity contribution is -0.116. The topological polar surface area (TPSA) is 91.6 Å². The van der Waals surface area contributed by atoms with E-state index in [1.807, 2.05) is 19.9 Å². The fourth-order valence-electron chi connectivity index (χ4n) is 3.95. The molecule has 1 aliphatic rings. The number of hydrogen-bond donors (Lipinski definition) is 1. The van der Waals surface area contributed by atoms with Crippen molar-refractivity contribution in [3.63, 3.8) is 0 Å². The van der Waals surface area contributed by atoms with Crippen LogP contribution in [0.4, 0.5) is 5.69 Å². The summed E-state index contributed by atoms with van der Waals surface area (Å²) < 4.78 is 14.0. The van der Waals surface area contributed by atoms with Gasteiger partial charge in [0, 0.05) is 24.6 Å². The number of fused-ring (bicyclic) bond motifs is 2. The highest BCUT2D eigenvalue weighted by molar-refractivity contribution is 5.93. The van der Waals surface area contributed by atoms with Gasteiger partial charge in [-0.1, -0.05) is 12.1 Å². The molecule has 1 atom stereocenters. The summed E-state index contributed by atoms with van der Waals surface area (Å²) in [6, 6.07) is 10.4. The third kappa shape index (κ3) is 3.81. The maximum absolute atomic E-state index is 12.9. The molecule has 2 heterocycles. The van der Waals surface area contributed by atoms with Crippen LogP contribution in [0.3, 0.4) is 0 Å². The second kappa shape index (κ2) is 8.29. The zero-order chi connectivity index (χ0) is 22.1. The van der Waals surface area contributed by atoms with Crippen LogP contribution >= 0.6 is 0 Å². The van der Waals surface area contributed by atoms with E-state index in [2.05, 4.69) is 5.32 Å². The van der Waals surface area contributed by atoms with Crippen molar-refractivity contribution in [2.24, 2.45) is 0 Å². The number of para-hydroxylation sites is 1. The monoisotopic (exact) mass is 423 g/mol. The Balaban J connectivity index is 1.69. The van der Waals surface area contributed by atoms with Crippen LogP contribution in [0.1, 0.15) is 26.3 Å². The van der Waals surface area contributed by atoms with E-state index in [1.165, 1.54) is 4.57 Å². The molecule has 2 aromatic carbocycles. The number of aromatic nitrogens is 2. The molecule has 1 aromatic heterocycles. The first kappa shape index (κ1) is 20.7. The molecule has 8 heteroatoms. The van der Waals surface area contributed by atoms with E-state index in [9.17, 15) is 14.4 Å². The number of nitrogens with one attached hydrogen (secondary N) is 1. The standard InChI is InChI=1S/C23H25N3O5/c1-4-25-22(28)16-8-6-7-9-18(16)26(23(25)29)13-21(27)24-17-12-19-15(10-14(3)31-19)11-20(17)30-5-2/h6-9,11-12,14H,4-5,10,13H2,1-3H3,(H,24,27)/t14-/m1/s1. The predicted octanol–water partition coefficient (Wildman–Crippen LogP) is 2.54. The van der Waals surface area contributed by atoms with Crippen LogP contribution in [0.2, 0.25) is 0 Å². The Kier molecular flexibility index (Phi) is 5.54. The molecule has 0 bridgehead atoms. The minimum absolute atomic E-state index is 0.0652. The number of carbonyl (C=O) groups is 1. The van der Waals surface area contributed by atoms with Crippen LogP contribution in [0.5, 0.6) is 11.5 Å². The van der Waals surface area contributed by atoms with Gasteiger partial charge in [-0.05, 0) is 39.0 Å². The first-order chi connectivity index (χ1) is 14.9. The normalized spacial score (nSPS) is 14.9. The Morgan fingerprint density at radius 3 is 2.71 bits per heavy atom. The largest absolute Gasteiger partial charge is 0.492 e. The molecule has 1 N–H and O–H groups in total. The zero-order valence-corrected chi connectivity index (χ0v) is 17.8. The Morgan fingerprint density at radius 2 is 1.97 bits per heavy atom. The molecular weight excluding hydrogens is 398 g/mol. The SMILES string of the molecule is CCOc1cc2c(cc1NC(=O)Cn1c(=O)n(CC)c(=O)c3ccccc31)O[C@H](C)C2. The van der Waals surface area contributed by atoms with Crippen LogP contribution < -0.4 is 26.0 Å². The van der Waals surface area contributed by atoms with Crippen molar-refractivity contribution in [3.05, 3.63) is 62.8 Å². The van der Waals surface area contributed by atoms with Gasteiger partial charge in [-0.2, -0.15) is 0 Å². The molecule has 0 radical (unpaired) electrons. The molecule has 3 aromatic rings. The van der Waals surface area contributed by atoms with Crippen molar-refractivity contribution in [3.8, 4) is 11.5 Å². The minimum atomic E-state index is -0.516. The molecule has 31 heavy (non-hydrogen) atoms. The molecule has 0 fully saturated rings. The molecule has 0 aliphatic carbocycles. The summed E-state index contributed by atoms with van der Waals surface area (Å²) >= 11 is 0.